The normalized spacial score (nSPS) is 11.6. The average molecular weight is 459 g/mol. The number of rotatable bonds is 2. The van der Waals surface area contributed by atoms with Crippen molar-refractivity contribution in [3.8, 4) is 10.4 Å². The minimum Gasteiger partial charge on any atom is -0.0846 e. The second-order valence-corrected chi connectivity index (χ2v) is 12.7. The van der Waals surface area contributed by atoms with Crippen LogP contribution in [-0.4, -0.2) is 4.86 Å². The molecule has 0 atom stereocenters. The topological polar surface area (TPSA) is 0 Å². The molecule has 4 heteroatoms. The van der Waals surface area contributed by atoms with Crippen molar-refractivity contribution in [2.24, 2.45) is 0 Å². The van der Waals surface area contributed by atoms with Gasteiger partial charge in [-0.05, 0) is 46.1 Å². The molecule has 3 aromatic rings. The van der Waals surface area contributed by atoms with Gasteiger partial charge in [-0.1, -0.05) is 135 Å². The Hall–Kier alpha value is -1.20. The molecular formula is C25H30S4. The van der Waals surface area contributed by atoms with E-state index in [4.69, 9.17) is 24.4 Å². The number of thiocarbonyl (C=S) groups is 1. The Morgan fingerprint density at radius 1 is 0.724 bits per heavy atom. The van der Waals surface area contributed by atoms with Gasteiger partial charge in [-0.15, -0.1) is 0 Å². The van der Waals surface area contributed by atoms with Gasteiger partial charge in [-0.3, -0.25) is 0 Å². The molecule has 0 saturated carbocycles. The summed E-state index contributed by atoms with van der Waals surface area (Å²) in [5.41, 5.74) is 5.60. The SMILES string of the molecule is CC(=S)c1ccc(C(C)(C)C)cc1.CC(C)(C)c1ccc(-c2cc(=S)ss2)cc1. The molecule has 0 bridgehead atoms. The predicted molar refractivity (Wildman–Crippen MR) is 140 cm³/mol. The number of hydrogen-bond acceptors (Lipinski definition) is 4. The first-order chi connectivity index (χ1) is 13.4. The molecule has 1 heterocycles. The van der Waals surface area contributed by atoms with Crippen LogP contribution in [0.4, 0.5) is 0 Å². The van der Waals surface area contributed by atoms with Crippen LogP contribution in [0.3, 0.4) is 0 Å². The molecule has 0 radical (unpaired) electrons. The van der Waals surface area contributed by atoms with E-state index in [9.17, 15) is 0 Å². The molecule has 0 aliphatic carbocycles. The minimum absolute atomic E-state index is 0.222. The van der Waals surface area contributed by atoms with Crippen molar-refractivity contribution in [2.45, 2.75) is 59.3 Å². The summed E-state index contributed by atoms with van der Waals surface area (Å²) in [6, 6.07) is 19.4. The fourth-order valence-electron chi connectivity index (χ4n) is 2.71. The molecule has 0 amide bonds. The summed E-state index contributed by atoms with van der Waals surface area (Å²) in [5, 5.41) is 0. The van der Waals surface area contributed by atoms with Gasteiger partial charge >= 0.3 is 0 Å². The first-order valence-electron chi connectivity index (χ1n) is 9.70. The second kappa shape index (κ2) is 9.74. The third-order valence-corrected chi connectivity index (χ3v) is 7.80. The van der Waals surface area contributed by atoms with E-state index in [1.807, 2.05) is 6.92 Å². The average Bonchev–Trinajstić information content (AvgIpc) is 3.07. The highest BCUT2D eigenvalue weighted by molar-refractivity contribution is 7.80. The molecule has 0 fully saturated rings. The second-order valence-electron chi connectivity index (χ2n) is 9.21. The Kier molecular flexibility index (Phi) is 8.08. The Balaban J connectivity index is 0.000000212. The maximum absolute atomic E-state index is 5.15. The van der Waals surface area contributed by atoms with Gasteiger partial charge in [-0.25, -0.2) is 0 Å². The van der Waals surface area contributed by atoms with E-state index in [0.717, 1.165) is 14.3 Å². The monoisotopic (exact) mass is 458 g/mol. The minimum atomic E-state index is 0.222. The van der Waals surface area contributed by atoms with Gasteiger partial charge in [0.2, 0.25) is 0 Å². The van der Waals surface area contributed by atoms with Crippen LogP contribution in [-0.2, 0) is 10.8 Å². The summed E-state index contributed by atoms with van der Waals surface area (Å²) in [4.78, 5) is 2.23. The molecule has 0 N–H and O–H groups in total. The molecule has 1 aromatic heterocycles. The lowest BCUT2D eigenvalue weighted by molar-refractivity contribution is 0.590. The maximum atomic E-state index is 5.15. The van der Waals surface area contributed by atoms with Crippen LogP contribution >= 0.6 is 45.1 Å². The van der Waals surface area contributed by atoms with Crippen LogP contribution in [0.2, 0.25) is 0 Å². The first kappa shape index (κ1) is 24.1. The van der Waals surface area contributed by atoms with E-state index < -0.39 is 0 Å². The van der Waals surface area contributed by atoms with Crippen molar-refractivity contribution in [3.05, 3.63) is 75.1 Å². The summed E-state index contributed by atoms with van der Waals surface area (Å²) < 4.78 is 0.972. The third-order valence-electron chi connectivity index (χ3n) is 4.66. The van der Waals surface area contributed by atoms with Crippen LogP contribution in [0.15, 0.2) is 54.6 Å². The van der Waals surface area contributed by atoms with Crippen molar-refractivity contribution in [2.75, 3.05) is 0 Å². The van der Waals surface area contributed by atoms with E-state index in [1.165, 1.54) is 21.6 Å². The molecule has 154 valence electrons. The summed E-state index contributed by atoms with van der Waals surface area (Å²) in [5.74, 6) is 0. The van der Waals surface area contributed by atoms with E-state index in [2.05, 4.69) is 96.1 Å². The van der Waals surface area contributed by atoms with Gasteiger partial charge in [0.25, 0.3) is 0 Å². The zero-order valence-electron chi connectivity index (χ0n) is 18.3. The van der Waals surface area contributed by atoms with Gasteiger partial charge in [0.15, 0.2) is 0 Å². The molecule has 0 nitrogen and oxygen atoms in total. The van der Waals surface area contributed by atoms with E-state index in [-0.39, 0.29) is 10.8 Å². The molecule has 2 aromatic carbocycles. The van der Waals surface area contributed by atoms with Crippen molar-refractivity contribution < 1.29 is 0 Å². The molecule has 0 spiro atoms. The van der Waals surface area contributed by atoms with Crippen molar-refractivity contribution >= 4 is 50.0 Å². The van der Waals surface area contributed by atoms with Crippen molar-refractivity contribution in [1.29, 1.82) is 0 Å². The molecular weight excluding hydrogens is 429 g/mol. The highest BCUT2D eigenvalue weighted by Gasteiger charge is 2.13. The lowest BCUT2D eigenvalue weighted by Gasteiger charge is -2.18. The van der Waals surface area contributed by atoms with Gasteiger partial charge in [0.1, 0.15) is 3.82 Å². The molecule has 0 aliphatic heterocycles. The summed E-state index contributed by atoms with van der Waals surface area (Å²) >= 11 is 10.2. The fourth-order valence-corrected chi connectivity index (χ4v) is 5.25. The standard InChI is InChI=1S/C13H14S3.C12H16S/c1-13(2,3)10-6-4-9(5-7-10)11-8-12(14)16-15-11;1-9(13)10-5-7-11(8-6-10)12(2,3)4/h4-8H,1-3H3;5-8H,1-4H3. The Morgan fingerprint density at radius 3 is 1.52 bits per heavy atom. The molecule has 29 heavy (non-hydrogen) atoms. The van der Waals surface area contributed by atoms with Crippen LogP contribution in [0.1, 0.15) is 65.2 Å². The van der Waals surface area contributed by atoms with Crippen molar-refractivity contribution in [3.63, 3.8) is 0 Å². The highest BCUT2D eigenvalue weighted by atomic mass is 32.9. The Bertz CT molecular complexity index is 989. The largest absolute Gasteiger partial charge is 0.102 e. The van der Waals surface area contributed by atoms with Crippen LogP contribution < -0.4 is 0 Å². The van der Waals surface area contributed by atoms with Gasteiger partial charge in [-0.2, -0.15) is 0 Å². The number of benzene rings is 2. The van der Waals surface area contributed by atoms with Gasteiger partial charge in [0.05, 0.1) is 0 Å². The fraction of sp³-hybridized carbons (Fsp3) is 0.360. The van der Waals surface area contributed by atoms with Crippen LogP contribution in [0, 0.1) is 3.82 Å². The van der Waals surface area contributed by atoms with Gasteiger partial charge < -0.3 is 0 Å². The summed E-state index contributed by atoms with van der Waals surface area (Å²) in [7, 11) is 3.42. The Labute approximate surface area is 194 Å². The van der Waals surface area contributed by atoms with Crippen LogP contribution in [0.5, 0.6) is 0 Å². The lowest BCUT2D eigenvalue weighted by atomic mass is 9.86. The number of hydrogen-bond donors (Lipinski definition) is 0. The Morgan fingerprint density at radius 2 is 1.17 bits per heavy atom. The summed E-state index contributed by atoms with van der Waals surface area (Å²) in [6.45, 7) is 15.3. The predicted octanol–water partition coefficient (Wildman–Crippen LogP) is 9.23. The first-order valence-corrected chi connectivity index (χ1v) is 12.7. The van der Waals surface area contributed by atoms with E-state index in [1.54, 1.807) is 20.7 Å². The van der Waals surface area contributed by atoms with E-state index in [0.29, 0.717) is 0 Å². The van der Waals surface area contributed by atoms with E-state index >= 15 is 0 Å². The molecule has 0 unspecified atom stereocenters. The molecule has 0 saturated heterocycles. The van der Waals surface area contributed by atoms with Crippen molar-refractivity contribution in [1.82, 2.24) is 0 Å². The lowest BCUT2D eigenvalue weighted by Crippen LogP contribution is -2.10. The molecule has 0 aliphatic rings. The zero-order valence-corrected chi connectivity index (χ0v) is 21.6. The van der Waals surface area contributed by atoms with Crippen LogP contribution in [0.25, 0.3) is 10.4 Å². The maximum Gasteiger partial charge on any atom is 0.102 e. The quantitative estimate of drug-likeness (QED) is 0.213. The summed E-state index contributed by atoms with van der Waals surface area (Å²) in [6.07, 6.45) is 0. The third kappa shape index (κ3) is 7.21. The molecule has 3 rings (SSSR count). The highest BCUT2D eigenvalue weighted by Crippen LogP contribution is 2.31. The zero-order chi connectivity index (χ0) is 21.8. The smallest absolute Gasteiger partial charge is 0.0846 e. The van der Waals surface area contributed by atoms with Gasteiger partial charge in [0, 0.05) is 9.74 Å².